The van der Waals surface area contributed by atoms with Crippen molar-refractivity contribution < 1.29 is 22.3 Å². The van der Waals surface area contributed by atoms with Gasteiger partial charge in [0.05, 0.1) is 12.0 Å². The number of methoxy groups -OCH3 is 1. The van der Waals surface area contributed by atoms with Crippen LogP contribution in [0.15, 0.2) is 29.2 Å². The molecule has 1 heterocycles. The molecule has 0 aliphatic carbocycles. The third kappa shape index (κ3) is 2.83. The van der Waals surface area contributed by atoms with Crippen molar-refractivity contribution in [2.45, 2.75) is 30.2 Å². The molecule has 0 amide bonds. The summed E-state index contributed by atoms with van der Waals surface area (Å²) in [5.41, 5.74) is 0. The van der Waals surface area contributed by atoms with Crippen molar-refractivity contribution in [1.29, 1.82) is 0 Å². The molecule has 20 heavy (non-hydrogen) atoms. The lowest BCUT2D eigenvalue weighted by Crippen LogP contribution is -2.48. The molecule has 0 spiro atoms. The van der Waals surface area contributed by atoms with E-state index in [4.69, 9.17) is 0 Å². The highest BCUT2D eigenvalue weighted by atomic mass is 32.2. The van der Waals surface area contributed by atoms with E-state index in [0.29, 0.717) is 12.8 Å². The second kappa shape index (κ2) is 5.88. The fraction of sp³-hybridized carbons (Fsp3) is 0.462. The van der Waals surface area contributed by atoms with Crippen LogP contribution < -0.4 is 0 Å². The smallest absolute Gasteiger partial charge is 0.324 e. The van der Waals surface area contributed by atoms with E-state index >= 15 is 0 Å². The Bertz CT molecular complexity index is 585. The average Bonchev–Trinajstić information content (AvgIpc) is 2.47. The van der Waals surface area contributed by atoms with Gasteiger partial charge in [0.15, 0.2) is 0 Å². The Morgan fingerprint density at radius 1 is 1.30 bits per heavy atom. The summed E-state index contributed by atoms with van der Waals surface area (Å²) >= 11 is 0. The van der Waals surface area contributed by atoms with Crippen molar-refractivity contribution in [1.82, 2.24) is 4.31 Å². The van der Waals surface area contributed by atoms with Crippen LogP contribution in [0, 0.1) is 5.82 Å². The monoisotopic (exact) mass is 301 g/mol. The highest BCUT2D eigenvalue weighted by Crippen LogP contribution is 2.26. The lowest BCUT2D eigenvalue weighted by Gasteiger charge is -2.32. The van der Waals surface area contributed by atoms with E-state index in [9.17, 15) is 17.6 Å². The van der Waals surface area contributed by atoms with Gasteiger partial charge in [-0.05, 0) is 43.5 Å². The van der Waals surface area contributed by atoms with Gasteiger partial charge in [-0.15, -0.1) is 0 Å². The fourth-order valence-electron chi connectivity index (χ4n) is 2.31. The summed E-state index contributed by atoms with van der Waals surface area (Å²) in [6, 6.07) is 3.78. The number of ether oxygens (including phenoxy) is 1. The van der Waals surface area contributed by atoms with Crippen molar-refractivity contribution in [3.8, 4) is 0 Å². The van der Waals surface area contributed by atoms with E-state index in [0.717, 1.165) is 22.9 Å². The van der Waals surface area contributed by atoms with E-state index in [1.54, 1.807) is 0 Å². The maximum Gasteiger partial charge on any atom is 0.324 e. The first-order valence-electron chi connectivity index (χ1n) is 6.32. The van der Waals surface area contributed by atoms with Gasteiger partial charge < -0.3 is 4.74 Å². The van der Waals surface area contributed by atoms with Gasteiger partial charge in [0, 0.05) is 6.54 Å². The number of carbonyl (C=O) groups is 1. The molecule has 1 atom stereocenters. The van der Waals surface area contributed by atoms with Gasteiger partial charge in [-0.2, -0.15) is 4.31 Å². The number of esters is 1. The van der Waals surface area contributed by atoms with Crippen LogP contribution in [0.1, 0.15) is 19.3 Å². The number of hydrogen-bond acceptors (Lipinski definition) is 4. The third-order valence-electron chi connectivity index (χ3n) is 3.35. The molecule has 1 unspecified atom stereocenters. The van der Waals surface area contributed by atoms with Crippen molar-refractivity contribution in [2.75, 3.05) is 13.7 Å². The largest absolute Gasteiger partial charge is 0.468 e. The third-order valence-corrected chi connectivity index (χ3v) is 5.27. The number of piperidine rings is 1. The summed E-state index contributed by atoms with van der Waals surface area (Å²) in [7, 11) is -2.58. The summed E-state index contributed by atoms with van der Waals surface area (Å²) in [4.78, 5) is 11.7. The molecule has 1 fully saturated rings. The highest BCUT2D eigenvalue weighted by Gasteiger charge is 2.38. The van der Waals surface area contributed by atoms with E-state index in [1.807, 2.05) is 0 Å². The molecular weight excluding hydrogens is 285 g/mol. The zero-order valence-corrected chi connectivity index (χ0v) is 11.9. The first-order chi connectivity index (χ1) is 9.46. The minimum Gasteiger partial charge on any atom is -0.468 e. The Balaban J connectivity index is 2.35. The van der Waals surface area contributed by atoms with Crippen molar-refractivity contribution >= 4 is 16.0 Å². The van der Waals surface area contributed by atoms with Gasteiger partial charge in [0.25, 0.3) is 0 Å². The summed E-state index contributed by atoms with van der Waals surface area (Å²) < 4.78 is 43.8. The summed E-state index contributed by atoms with van der Waals surface area (Å²) in [5.74, 6) is -1.07. The zero-order valence-electron chi connectivity index (χ0n) is 11.1. The molecule has 2 rings (SSSR count). The summed E-state index contributed by atoms with van der Waals surface area (Å²) in [6.07, 6.45) is 1.90. The Labute approximate surface area is 117 Å². The standard InChI is InChI=1S/C13H16FNO4S/c1-19-13(16)12-4-2-3-9-15(12)20(17,18)11-7-5-10(14)6-8-11/h5-8,12H,2-4,9H2,1H3. The van der Waals surface area contributed by atoms with Gasteiger partial charge >= 0.3 is 5.97 Å². The number of benzene rings is 1. The number of nitrogens with zero attached hydrogens (tertiary/aromatic N) is 1. The topological polar surface area (TPSA) is 63.7 Å². The molecule has 1 aromatic carbocycles. The van der Waals surface area contributed by atoms with Crippen LogP contribution in [0.4, 0.5) is 4.39 Å². The molecule has 5 nitrogen and oxygen atoms in total. The highest BCUT2D eigenvalue weighted by molar-refractivity contribution is 7.89. The van der Waals surface area contributed by atoms with Gasteiger partial charge in [-0.25, -0.2) is 12.8 Å². The maximum atomic E-state index is 12.9. The molecule has 1 aromatic rings. The molecule has 1 aliphatic rings. The van der Waals surface area contributed by atoms with Crippen LogP contribution in [0.25, 0.3) is 0 Å². The molecular formula is C13H16FNO4S. The van der Waals surface area contributed by atoms with E-state index in [-0.39, 0.29) is 11.4 Å². The predicted octanol–water partition coefficient (Wildman–Crippen LogP) is 1.54. The van der Waals surface area contributed by atoms with Crippen LogP contribution in [-0.4, -0.2) is 38.4 Å². The molecule has 0 radical (unpaired) electrons. The van der Waals surface area contributed by atoms with Crippen molar-refractivity contribution in [3.05, 3.63) is 30.1 Å². The second-order valence-corrected chi connectivity index (χ2v) is 6.49. The molecule has 110 valence electrons. The zero-order chi connectivity index (χ0) is 14.8. The number of hydrogen-bond donors (Lipinski definition) is 0. The average molecular weight is 301 g/mol. The second-order valence-electron chi connectivity index (χ2n) is 4.60. The number of rotatable bonds is 3. The Morgan fingerprint density at radius 2 is 1.95 bits per heavy atom. The molecule has 0 saturated carbocycles. The van der Waals surface area contributed by atoms with Gasteiger partial charge in [0.2, 0.25) is 10.0 Å². The Hall–Kier alpha value is -1.47. The maximum absolute atomic E-state index is 12.9. The van der Waals surface area contributed by atoms with Crippen LogP contribution >= 0.6 is 0 Å². The fourth-order valence-corrected chi connectivity index (χ4v) is 3.95. The first kappa shape index (κ1) is 14.9. The molecule has 0 bridgehead atoms. The van der Waals surface area contributed by atoms with E-state index < -0.39 is 27.9 Å². The number of halogens is 1. The normalized spacial score (nSPS) is 20.6. The van der Waals surface area contributed by atoms with Crippen LogP contribution in [-0.2, 0) is 19.6 Å². The summed E-state index contributed by atoms with van der Waals surface area (Å²) in [6.45, 7) is 0.263. The quantitative estimate of drug-likeness (QED) is 0.795. The Morgan fingerprint density at radius 3 is 2.55 bits per heavy atom. The SMILES string of the molecule is COC(=O)C1CCCCN1S(=O)(=O)c1ccc(F)cc1. The first-order valence-corrected chi connectivity index (χ1v) is 7.76. The van der Waals surface area contributed by atoms with Crippen molar-refractivity contribution in [3.63, 3.8) is 0 Å². The van der Waals surface area contributed by atoms with Crippen LogP contribution in [0.2, 0.25) is 0 Å². The Kier molecular flexibility index (Phi) is 4.39. The molecule has 1 aliphatic heterocycles. The van der Waals surface area contributed by atoms with Gasteiger partial charge in [0.1, 0.15) is 11.9 Å². The predicted molar refractivity (Wildman–Crippen MR) is 69.9 cm³/mol. The number of carbonyl (C=O) groups excluding carboxylic acids is 1. The lowest BCUT2D eigenvalue weighted by atomic mass is 10.1. The lowest BCUT2D eigenvalue weighted by molar-refractivity contribution is -0.146. The van der Waals surface area contributed by atoms with Crippen LogP contribution in [0.5, 0.6) is 0 Å². The minimum atomic E-state index is -3.82. The molecule has 0 aromatic heterocycles. The molecule has 1 saturated heterocycles. The van der Waals surface area contributed by atoms with Crippen LogP contribution in [0.3, 0.4) is 0 Å². The summed E-state index contributed by atoms with van der Waals surface area (Å²) in [5, 5.41) is 0. The van der Waals surface area contributed by atoms with E-state index in [1.165, 1.54) is 19.2 Å². The minimum absolute atomic E-state index is 0.0188. The molecule has 0 N–H and O–H groups in total. The van der Waals surface area contributed by atoms with Gasteiger partial charge in [-0.1, -0.05) is 0 Å². The number of sulfonamides is 1. The van der Waals surface area contributed by atoms with Crippen molar-refractivity contribution in [2.24, 2.45) is 0 Å². The van der Waals surface area contributed by atoms with Gasteiger partial charge in [-0.3, -0.25) is 4.79 Å². The van der Waals surface area contributed by atoms with E-state index in [2.05, 4.69) is 4.74 Å². The molecule has 7 heteroatoms.